The molecular weight excluding hydrogens is 359 g/mol. The average Bonchev–Trinajstić information content (AvgIpc) is 2.88. The van der Waals surface area contributed by atoms with Gasteiger partial charge in [-0.05, 0) is 42.0 Å². The van der Waals surface area contributed by atoms with Crippen molar-refractivity contribution in [3.05, 3.63) is 64.8 Å². The summed E-state index contributed by atoms with van der Waals surface area (Å²) in [6.45, 7) is -0.0222. The van der Waals surface area contributed by atoms with Crippen molar-refractivity contribution in [1.82, 2.24) is 0 Å². The molecule has 1 fully saturated rings. The van der Waals surface area contributed by atoms with Crippen LogP contribution in [0.2, 0.25) is 0 Å². The number of ether oxygens (including phenoxy) is 1. The van der Waals surface area contributed by atoms with Gasteiger partial charge >= 0.3 is 0 Å². The molecule has 0 N–H and O–H groups in total. The molecule has 3 rings (SSSR count). The Morgan fingerprint density at radius 3 is 2.72 bits per heavy atom. The second kappa shape index (κ2) is 7.47. The topological polar surface area (TPSA) is 53.3 Å². The smallest absolute Gasteiger partial charge is 0.270 e. The summed E-state index contributed by atoms with van der Waals surface area (Å²) in [4.78, 5) is 14.4. The van der Waals surface area contributed by atoms with E-state index in [1.54, 1.807) is 36.4 Å². The van der Waals surface area contributed by atoms with E-state index < -0.39 is 5.82 Å². The highest BCUT2D eigenvalue weighted by molar-refractivity contribution is 8.27. The first kappa shape index (κ1) is 17.1. The molecule has 0 atom stereocenters. The number of nitriles is 1. The molecule has 0 unspecified atom stereocenters. The highest BCUT2D eigenvalue weighted by Gasteiger charge is 2.33. The molecule has 124 valence electrons. The van der Waals surface area contributed by atoms with E-state index in [0.717, 1.165) is 5.56 Å². The number of nitrogens with zero attached hydrogens (tertiary/aromatic N) is 2. The molecule has 4 nitrogen and oxygen atoms in total. The standard InChI is InChI=1S/C18H11FN2O2S2/c19-13-2-1-3-14(11-13)21-17(22)16(25-18(21)24)10-12-4-6-15(7-5-12)23-9-8-20/h1-7,10-11H,9H2/b16-10+. The summed E-state index contributed by atoms with van der Waals surface area (Å²) in [7, 11) is 0. The molecule has 0 aliphatic carbocycles. The van der Waals surface area contributed by atoms with E-state index in [-0.39, 0.29) is 12.5 Å². The third-order valence-electron chi connectivity index (χ3n) is 3.34. The van der Waals surface area contributed by atoms with Crippen LogP contribution >= 0.6 is 24.0 Å². The van der Waals surface area contributed by atoms with E-state index in [9.17, 15) is 9.18 Å². The molecule has 1 saturated heterocycles. The van der Waals surface area contributed by atoms with Crippen LogP contribution < -0.4 is 9.64 Å². The number of anilines is 1. The van der Waals surface area contributed by atoms with Crippen LogP contribution in [0.4, 0.5) is 10.1 Å². The first-order chi connectivity index (χ1) is 12.1. The predicted molar refractivity (Wildman–Crippen MR) is 99.6 cm³/mol. The van der Waals surface area contributed by atoms with Crippen molar-refractivity contribution < 1.29 is 13.9 Å². The van der Waals surface area contributed by atoms with Crippen LogP contribution in [-0.2, 0) is 4.79 Å². The Hall–Kier alpha value is -2.69. The highest BCUT2D eigenvalue weighted by atomic mass is 32.2. The molecule has 1 aliphatic heterocycles. The van der Waals surface area contributed by atoms with Gasteiger partial charge in [-0.1, -0.05) is 42.2 Å². The fourth-order valence-electron chi connectivity index (χ4n) is 2.23. The predicted octanol–water partition coefficient (Wildman–Crippen LogP) is 4.13. The second-order valence-corrected chi connectivity index (χ2v) is 6.69. The van der Waals surface area contributed by atoms with Gasteiger partial charge in [0.15, 0.2) is 10.9 Å². The summed E-state index contributed by atoms with van der Waals surface area (Å²) in [6, 6.07) is 14.6. The molecule has 0 saturated carbocycles. The van der Waals surface area contributed by atoms with Crippen LogP contribution in [0.5, 0.6) is 5.75 Å². The van der Waals surface area contributed by atoms with Crippen molar-refractivity contribution in [1.29, 1.82) is 5.26 Å². The lowest BCUT2D eigenvalue weighted by molar-refractivity contribution is -0.113. The van der Waals surface area contributed by atoms with Crippen LogP contribution in [0.3, 0.4) is 0 Å². The molecule has 0 bridgehead atoms. The normalized spacial score (nSPS) is 15.5. The number of hydrogen-bond acceptors (Lipinski definition) is 5. The Bertz CT molecular complexity index is 904. The average molecular weight is 370 g/mol. The maximum Gasteiger partial charge on any atom is 0.270 e. The molecule has 2 aromatic rings. The van der Waals surface area contributed by atoms with E-state index in [1.807, 2.05) is 6.07 Å². The number of halogens is 1. The molecule has 1 aliphatic rings. The zero-order valence-corrected chi connectivity index (χ0v) is 14.4. The van der Waals surface area contributed by atoms with Crippen molar-refractivity contribution >= 4 is 46.0 Å². The zero-order valence-electron chi connectivity index (χ0n) is 12.8. The summed E-state index contributed by atoms with van der Waals surface area (Å²) in [5, 5.41) is 8.50. The van der Waals surface area contributed by atoms with Crippen molar-refractivity contribution in [3.63, 3.8) is 0 Å². The molecule has 7 heteroatoms. The number of thioether (sulfide) groups is 1. The highest BCUT2D eigenvalue weighted by Crippen LogP contribution is 2.36. The molecule has 1 amide bonds. The van der Waals surface area contributed by atoms with Gasteiger partial charge in [0, 0.05) is 0 Å². The van der Waals surface area contributed by atoms with Gasteiger partial charge in [-0.3, -0.25) is 9.69 Å². The van der Waals surface area contributed by atoms with Gasteiger partial charge in [-0.2, -0.15) is 5.26 Å². The lowest BCUT2D eigenvalue weighted by Gasteiger charge is -2.14. The summed E-state index contributed by atoms with van der Waals surface area (Å²) in [5.74, 6) is -0.139. The molecule has 0 spiro atoms. The van der Waals surface area contributed by atoms with Gasteiger partial charge in [0.25, 0.3) is 5.91 Å². The molecule has 0 radical (unpaired) electrons. The van der Waals surface area contributed by atoms with Crippen LogP contribution in [0, 0.1) is 17.1 Å². The van der Waals surface area contributed by atoms with Gasteiger partial charge < -0.3 is 4.74 Å². The number of amides is 1. The minimum atomic E-state index is -0.427. The van der Waals surface area contributed by atoms with E-state index in [0.29, 0.717) is 20.7 Å². The molecule has 2 aromatic carbocycles. The summed E-state index contributed by atoms with van der Waals surface area (Å²) >= 11 is 6.43. The minimum Gasteiger partial charge on any atom is -0.479 e. The van der Waals surface area contributed by atoms with Crippen LogP contribution in [0.25, 0.3) is 6.08 Å². The molecular formula is C18H11FN2O2S2. The van der Waals surface area contributed by atoms with Crippen molar-refractivity contribution in [2.45, 2.75) is 0 Å². The maximum atomic E-state index is 13.4. The van der Waals surface area contributed by atoms with Crippen LogP contribution in [-0.4, -0.2) is 16.8 Å². The van der Waals surface area contributed by atoms with Gasteiger partial charge in [-0.25, -0.2) is 4.39 Å². The molecule has 25 heavy (non-hydrogen) atoms. The van der Waals surface area contributed by atoms with E-state index in [2.05, 4.69) is 0 Å². The van der Waals surface area contributed by atoms with E-state index in [4.69, 9.17) is 22.2 Å². The quantitative estimate of drug-likeness (QED) is 0.598. The minimum absolute atomic E-state index is 0.0222. The van der Waals surface area contributed by atoms with Crippen molar-refractivity contribution in [3.8, 4) is 11.8 Å². The van der Waals surface area contributed by atoms with E-state index >= 15 is 0 Å². The Morgan fingerprint density at radius 2 is 2.04 bits per heavy atom. The lowest BCUT2D eigenvalue weighted by Crippen LogP contribution is -2.27. The summed E-state index contributed by atoms with van der Waals surface area (Å²) in [6.07, 6.45) is 1.71. The number of hydrogen-bond donors (Lipinski definition) is 0. The van der Waals surface area contributed by atoms with Gasteiger partial charge in [-0.15, -0.1) is 0 Å². The SMILES string of the molecule is N#CCOc1ccc(/C=C2/SC(=S)N(c3cccc(F)c3)C2=O)cc1. The number of benzene rings is 2. The molecule has 0 aromatic heterocycles. The summed E-state index contributed by atoms with van der Waals surface area (Å²) in [5.41, 5.74) is 1.20. The van der Waals surface area contributed by atoms with Gasteiger partial charge in [0.05, 0.1) is 10.6 Å². The first-order valence-corrected chi connectivity index (χ1v) is 8.44. The van der Waals surface area contributed by atoms with Crippen molar-refractivity contribution in [2.75, 3.05) is 11.5 Å². The number of thiocarbonyl (C=S) groups is 1. The van der Waals surface area contributed by atoms with Crippen LogP contribution in [0.1, 0.15) is 5.56 Å². The number of carbonyl (C=O) groups excluding carboxylic acids is 1. The Morgan fingerprint density at radius 1 is 1.28 bits per heavy atom. The fraction of sp³-hybridized carbons (Fsp3) is 0.0556. The third kappa shape index (κ3) is 3.87. The Balaban J connectivity index is 1.82. The fourth-order valence-corrected chi connectivity index (χ4v) is 3.53. The number of rotatable bonds is 4. The number of carbonyl (C=O) groups is 1. The second-order valence-electron chi connectivity index (χ2n) is 5.01. The van der Waals surface area contributed by atoms with Gasteiger partial charge in [0.1, 0.15) is 17.6 Å². The maximum absolute atomic E-state index is 13.4. The van der Waals surface area contributed by atoms with Gasteiger partial charge in [0.2, 0.25) is 0 Å². The zero-order chi connectivity index (χ0) is 17.8. The largest absolute Gasteiger partial charge is 0.479 e. The monoisotopic (exact) mass is 370 g/mol. The lowest BCUT2D eigenvalue weighted by atomic mass is 10.2. The Kier molecular flexibility index (Phi) is 5.12. The Labute approximate surface area is 153 Å². The summed E-state index contributed by atoms with van der Waals surface area (Å²) < 4.78 is 19.0. The van der Waals surface area contributed by atoms with Crippen LogP contribution in [0.15, 0.2) is 53.4 Å². The third-order valence-corrected chi connectivity index (χ3v) is 4.64. The van der Waals surface area contributed by atoms with E-state index in [1.165, 1.54) is 34.9 Å². The van der Waals surface area contributed by atoms with Crippen molar-refractivity contribution in [2.24, 2.45) is 0 Å². The molecule has 1 heterocycles. The first-order valence-electron chi connectivity index (χ1n) is 7.22.